The average Bonchev–Trinajstić information content (AvgIpc) is 2.73. The summed E-state index contributed by atoms with van der Waals surface area (Å²) in [6.45, 7) is 9.88. The summed E-state index contributed by atoms with van der Waals surface area (Å²) in [5.41, 5.74) is 10.4. The molecule has 3 heteroatoms. The number of rotatable bonds is 4. The molecule has 3 unspecified atom stereocenters. The first-order valence-corrected chi connectivity index (χ1v) is 7.60. The molecule has 0 bridgehead atoms. The largest absolute Gasteiger partial charge is 0.323 e. The monoisotopic (exact) mass is 275 g/mol. The lowest BCUT2D eigenvalue weighted by molar-refractivity contribution is 0.248. The van der Waals surface area contributed by atoms with Crippen LogP contribution in [0.25, 0.3) is 0 Å². The van der Waals surface area contributed by atoms with Gasteiger partial charge in [-0.3, -0.25) is 4.90 Å². The first kappa shape index (κ1) is 15.5. The Morgan fingerprint density at radius 1 is 1.30 bits per heavy atom. The van der Waals surface area contributed by atoms with E-state index in [0.29, 0.717) is 6.04 Å². The molecule has 0 radical (unpaired) electrons. The Morgan fingerprint density at radius 3 is 2.60 bits per heavy atom. The van der Waals surface area contributed by atoms with Crippen LogP contribution in [0.4, 0.5) is 0 Å². The molecule has 112 valence electrons. The van der Waals surface area contributed by atoms with Crippen molar-refractivity contribution in [2.75, 3.05) is 33.7 Å². The minimum Gasteiger partial charge on any atom is -0.323 e. The van der Waals surface area contributed by atoms with Crippen LogP contribution in [0.1, 0.15) is 29.7 Å². The summed E-state index contributed by atoms with van der Waals surface area (Å²) in [4.78, 5) is 4.86. The number of nitrogens with two attached hydrogens (primary N) is 1. The molecule has 1 aliphatic heterocycles. The van der Waals surface area contributed by atoms with E-state index in [4.69, 9.17) is 5.73 Å². The summed E-state index contributed by atoms with van der Waals surface area (Å²) in [6.07, 6.45) is 0. The molecule has 3 nitrogen and oxygen atoms in total. The van der Waals surface area contributed by atoms with Gasteiger partial charge in [-0.1, -0.05) is 30.7 Å². The minimum absolute atomic E-state index is 0.114. The molecule has 1 aromatic rings. The van der Waals surface area contributed by atoms with E-state index in [2.05, 4.69) is 62.9 Å². The number of aryl methyl sites for hydroxylation is 2. The van der Waals surface area contributed by atoms with Crippen LogP contribution in [0.3, 0.4) is 0 Å². The lowest BCUT2D eigenvalue weighted by Gasteiger charge is -2.24. The number of hydrogen-bond acceptors (Lipinski definition) is 3. The Kier molecular flexibility index (Phi) is 4.84. The van der Waals surface area contributed by atoms with Crippen molar-refractivity contribution in [3.63, 3.8) is 0 Å². The molecule has 0 saturated carbocycles. The van der Waals surface area contributed by atoms with E-state index in [0.717, 1.165) is 25.6 Å². The lowest BCUT2D eigenvalue weighted by Crippen LogP contribution is -2.36. The summed E-state index contributed by atoms with van der Waals surface area (Å²) in [6, 6.07) is 7.35. The van der Waals surface area contributed by atoms with E-state index in [-0.39, 0.29) is 6.04 Å². The number of likely N-dealkylation sites (N-methyl/N-ethyl adjacent to an activating group) is 1. The molecule has 2 rings (SSSR count). The van der Waals surface area contributed by atoms with E-state index in [1.807, 2.05) is 0 Å². The second-order valence-electron chi connectivity index (χ2n) is 6.69. The first-order chi connectivity index (χ1) is 9.38. The Balaban J connectivity index is 2.02. The van der Waals surface area contributed by atoms with Gasteiger partial charge in [0.1, 0.15) is 0 Å². The number of hydrogen-bond donors (Lipinski definition) is 1. The van der Waals surface area contributed by atoms with Crippen LogP contribution in [0, 0.1) is 19.8 Å². The van der Waals surface area contributed by atoms with Gasteiger partial charge in [-0.2, -0.15) is 0 Å². The fourth-order valence-electron chi connectivity index (χ4n) is 3.41. The molecular formula is C17H29N3. The Bertz CT molecular complexity index is 456. The van der Waals surface area contributed by atoms with Crippen molar-refractivity contribution < 1.29 is 0 Å². The van der Waals surface area contributed by atoms with Crippen molar-refractivity contribution in [1.82, 2.24) is 9.80 Å². The highest BCUT2D eigenvalue weighted by molar-refractivity contribution is 5.33. The van der Waals surface area contributed by atoms with Crippen LogP contribution in [0.15, 0.2) is 18.2 Å². The Hall–Kier alpha value is -0.900. The van der Waals surface area contributed by atoms with Crippen molar-refractivity contribution in [3.8, 4) is 0 Å². The van der Waals surface area contributed by atoms with Crippen LogP contribution < -0.4 is 5.73 Å². The van der Waals surface area contributed by atoms with E-state index >= 15 is 0 Å². The molecule has 0 aromatic heterocycles. The maximum Gasteiger partial charge on any atom is 0.0427 e. The molecule has 0 aliphatic carbocycles. The average molecular weight is 275 g/mol. The molecule has 2 N–H and O–H groups in total. The topological polar surface area (TPSA) is 32.5 Å². The van der Waals surface area contributed by atoms with E-state index < -0.39 is 0 Å². The summed E-state index contributed by atoms with van der Waals surface area (Å²) in [7, 11) is 4.35. The molecular weight excluding hydrogens is 246 g/mol. The van der Waals surface area contributed by atoms with Gasteiger partial charge in [0.2, 0.25) is 0 Å². The quantitative estimate of drug-likeness (QED) is 0.914. The summed E-state index contributed by atoms with van der Waals surface area (Å²) >= 11 is 0. The van der Waals surface area contributed by atoms with Gasteiger partial charge in [-0.25, -0.2) is 0 Å². The first-order valence-electron chi connectivity index (χ1n) is 7.60. The van der Waals surface area contributed by atoms with Crippen LogP contribution in [0.5, 0.6) is 0 Å². The summed E-state index contributed by atoms with van der Waals surface area (Å²) < 4.78 is 0. The minimum atomic E-state index is 0.114. The zero-order valence-corrected chi connectivity index (χ0v) is 13.6. The van der Waals surface area contributed by atoms with Gasteiger partial charge in [-0.15, -0.1) is 0 Å². The SMILES string of the molecule is Cc1ccc(C)c(C(N)CN2CC(C)C(N(C)C)C2)c1. The zero-order chi connectivity index (χ0) is 14.9. The van der Waals surface area contributed by atoms with E-state index in [9.17, 15) is 0 Å². The zero-order valence-electron chi connectivity index (χ0n) is 13.6. The highest BCUT2D eigenvalue weighted by Crippen LogP contribution is 2.24. The summed E-state index contributed by atoms with van der Waals surface area (Å²) in [5, 5.41) is 0. The molecule has 1 aromatic carbocycles. The number of nitrogens with zero attached hydrogens (tertiary/aromatic N) is 2. The van der Waals surface area contributed by atoms with E-state index in [1.54, 1.807) is 0 Å². The predicted molar refractivity (Wildman–Crippen MR) is 85.9 cm³/mol. The molecule has 1 heterocycles. The normalized spacial score (nSPS) is 25.4. The van der Waals surface area contributed by atoms with Gasteiger partial charge in [0.25, 0.3) is 0 Å². The van der Waals surface area contributed by atoms with Gasteiger partial charge >= 0.3 is 0 Å². The number of likely N-dealkylation sites (tertiary alicyclic amines) is 1. The van der Waals surface area contributed by atoms with Crippen molar-refractivity contribution >= 4 is 0 Å². The van der Waals surface area contributed by atoms with E-state index in [1.165, 1.54) is 16.7 Å². The fraction of sp³-hybridized carbons (Fsp3) is 0.647. The van der Waals surface area contributed by atoms with Crippen LogP contribution in [-0.2, 0) is 0 Å². The highest BCUT2D eigenvalue weighted by Gasteiger charge is 2.31. The van der Waals surface area contributed by atoms with Gasteiger partial charge in [0.05, 0.1) is 0 Å². The standard InChI is InChI=1S/C17H29N3/c1-12-6-7-13(2)15(8-12)16(18)10-20-9-14(3)17(11-20)19(4)5/h6-8,14,16-17H,9-11,18H2,1-5H3. The van der Waals surface area contributed by atoms with Crippen LogP contribution in [-0.4, -0.2) is 49.6 Å². The van der Waals surface area contributed by atoms with Crippen LogP contribution >= 0.6 is 0 Å². The van der Waals surface area contributed by atoms with Gasteiger partial charge < -0.3 is 10.6 Å². The highest BCUT2D eigenvalue weighted by atomic mass is 15.2. The second kappa shape index (κ2) is 6.25. The van der Waals surface area contributed by atoms with Gasteiger partial charge in [-0.05, 0) is 45.0 Å². The maximum absolute atomic E-state index is 6.46. The maximum atomic E-state index is 6.46. The van der Waals surface area contributed by atoms with Gasteiger partial charge in [0, 0.05) is 31.7 Å². The summed E-state index contributed by atoms with van der Waals surface area (Å²) in [5.74, 6) is 0.718. The van der Waals surface area contributed by atoms with Crippen molar-refractivity contribution in [2.24, 2.45) is 11.7 Å². The molecule has 0 amide bonds. The molecule has 1 fully saturated rings. The van der Waals surface area contributed by atoms with Crippen molar-refractivity contribution in [3.05, 3.63) is 34.9 Å². The Morgan fingerprint density at radius 2 is 2.00 bits per heavy atom. The predicted octanol–water partition coefficient (Wildman–Crippen LogP) is 2.19. The van der Waals surface area contributed by atoms with Gasteiger partial charge in [0.15, 0.2) is 0 Å². The lowest BCUT2D eigenvalue weighted by atomic mass is 9.99. The molecule has 1 aliphatic rings. The second-order valence-corrected chi connectivity index (χ2v) is 6.69. The van der Waals surface area contributed by atoms with Crippen LogP contribution in [0.2, 0.25) is 0 Å². The number of benzene rings is 1. The third-order valence-electron chi connectivity index (χ3n) is 4.60. The molecule has 1 saturated heterocycles. The smallest absolute Gasteiger partial charge is 0.0427 e. The third kappa shape index (κ3) is 3.40. The molecule has 20 heavy (non-hydrogen) atoms. The fourth-order valence-corrected chi connectivity index (χ4v) is 3.41. The van der Waals surface area contributed by atoms with Crippen molar-refractivity contribution in [1.29, 1.82) is 0 Å². The molecule has 0 spiro atoms. The third-order valence-corrected chi connectivity index (χ3v) is 4.60. The van der Waals surface area contributed by atoms with Crippen molar-refractivity contribution in [2.45, 2.75) is 32.9 Å². The Labute approximate surface area is 123 Å². The molecule has 3 atom stereocenters.